The Morgan fingerprint density at radius 1 is 0.370 bits per heavy atom. The summed E-state index contributed by atoms with van der Waals surface area (Å²) in [6.07, 6.45) is 34.2. The summed E-state index contributed by atoms with van der Waals surface area (Å²) in [5.41, 5.74) is 0. The van der Waals surface area contributed by atoms with Crippen LogP contribution in [0, 0.1) is 0 Å². The van der Waals surface area contributed by atoms with E-state index < -0.39 is 18.4 Å². The standard InChI is InChI=1S/2C18H36O2.CF4.Zn/c2*1-2-3-4-5-6-7-8-9-10-11-12-13-14-15-16-17-18(19)20;2-1(3,4)5;/h2*2-17H2,1H3,(H,19,20);;/q;;;+2/p-2. The SMILES string of the molecule is CCCCCCCCCCCCCCCCCC(=O)[O-].CCCCCCCCCCCCCCCCCC(=O)[O-].FC(F)(F)F.[Zn+2]. The summed E-state index contributed by atoms with van der Waals surface area (Å²) in [5, 5.41) is 20.4. The fourth-order valence-electron chi connectivity index (χ4n) is 5.28. The zero-order valence-electron chi connectivity index (χ0n) is 30.0. The van der Waals surface area contributed by atoms with Gasteiger partial charge in [0.2, 0.25) is 0 Å². The summed E-state index contributed by atoms with van der Waals surface area (Å²) in [5.74, 6) is -1.81. The summed E-state index contributed by atoms with van der Waals surface area (Å²) in [4.78, 5) is 20.4. The maximum absolute atomic E-state index is 10.2. The number of hydrogen-bond donors (Lipinski definition) is 0. The minimum atomic E-state index is -5.50. The minimum absolute atomic E-state index is 0. The van der Waals surface area contributed by atoms with Crippen molar-refractivity contribution >= 4 is 11.9 Å². The summed E-state index contributed by atoms with van der Waals surface area (Å²) in [6, 6.07) is 0. The van der Waals surface area contributed by atoms with Gasteiger partial charge in [-0.1, -0.05) is 194 Å². The van der Waals surface area contributed by atoms with Gasteiger partial charge in [-0.15, -0.1) is 17.6 Å². The summed E-state index contributed by atoms with van der Waals surface area (Å²) in [6.45, 7) is 4.53. The van der Waals surface area contributed by atoms with E-state index in [2.05, 4.69) is 13.8 Å². The number of aliphatic carboxylic acids is 2. The van der Waals surface area contributed by atoms with Gasteiger partial charge in [-0.3, -0.25) is 0 Å². The first kappa shape index (κ1) is 52.1. The van der Waals surface area contributed by atoms with Crippen molar-refractivity contribution < 1.29 is 56.8 Å². The molecule has 0 N–H and O–H groups in total. The van der Waals surface area contributed by atoms with E-state index in [1.165, 1.54) is 167 Å². The normalized spacial score (nSPS) is 10.7. The summed E-state index contributed by atoms with van der Waals surface area (Å²) >= 11 is 0. The molecule has 0 aromatic carbocycles. The van der Waals surface area contributed by atoms with E-state index in [0.717, 1.165) is 25.7 Å². The van der Waals surface area contributed by atoms with Gasteiger partial charge < -0.3 is 19.8 Å². The third-order valence-electron chi connectivity index (χ3n) is 7.97. The van der Waals surface area contributed by atoms with Gasteiger partial charge in [0.25, 0.3) is 0 Å². The molecule has 9 heteroatoms. The second-order valence-electron chi connectivity index (χ2n) is 12.6. The van der Waals surface area contributed by atoms with Crippen LogP contribution >= 0.6 is 0 Å². The van der Waals surface area contributed by atoms with E-state index in [-0.39, 0.29) is 32.3 Å². The zero-order chi connectivity index (χ0) is 34.3. The van der Waals surface area contributed by atoms with Crippen LogP contribution in [0.1, 0.15) is 219 Å². The molecule has 0 spiro atoms. The number of carbonyl (C=O) groups is 2. The van der Waals surface area contributed by atoms with Crippen molar-refractivity contribution in [1.29, 1.82) is 0 Å². The van der Waals surface area contributed by atoms with E-state index >= 15 is 0 Å². The average molecular weight is 720 g/mol. The number of alkyl halides is 4. The Hall–Kier alpha value is -0.717. The van der Waals surface area contributed by atoms with Crippen molar-refractivity contribution in [2.75, 3.05) is 0 Å². The zero-order valence-corrected chi connectivity index (χ0v) is 32.9. The van der Waals surface area contributed by atoms with Gasteiger partial charge in [0.05, 0.1) is 0 Å². The number of halogens is 4. The third kappa shape index (κ3) is 69.9. The van der Waals surface area contributed by atoms with Gasteiger partial charge in [-0.05, 0) is 25.7 Å². The Balaban J connectivity index is -0.000000327. The molecular weight excluding hydrogens is 650 g/mol. The smallest absolute Gasteiger partial charge is 0.550 e. The molecule has 0 heterocycles. The van der Waals surface area contributed by atoms with Crippen molar-refractivity contribution in [3.05, 3.63) is 0 Å². The van der Waals surface area contributed by atoms with Gasteiger partial charge >= 0.3 is 25.9 Å². The van der Waals surface area contributed by atoms with Crippen LogP contribution in [0.5, 0.6) is 0 Å². The molecule has 0 unspecified atom stereocenters. The Labute approximate surface area is 293 Å². The van der Waals surface area contributed by atoms with Crippen molar-refractivity contribution in [1.82, 2.24) is 0 Å². The molecule has 0 aromatic heterocycles. The van der Waals surface area contributed by atoms with E-state index in [1.54, 1.807) is 0 Å². The molecular formula is C37H70F4O4Zn. The van der Waals surface area contributed by atoms with E-state index in [1.807, 2.05) is 0 Å². The molecule has 46 heavy (non-hydrogen) atoms. The Kier molecular flexibility index (Phi) is 50.2. The number of rotatable bonds is 32. The van der Waals surface area contributed by atoms with Gasteiger partial charge in [0.15, 0.2) is 0 Å². The molecule has 0 fully saturated rings. The first-order chi connectivity index (χ1) is 21.5. The van der Waals surface area contributed by atoms with Crippen LogP contribution in [0.4, 0.5) is 17.6 Å². The summed E-state index contributed by atoms with van der Waals surface area (Å²) < 4.78 is 38.8. The second-order valence-corrected chi connectivity index (χ2v) is 12.6. The quantitative estimate of drug-likeness (QED) is 0.0394. The maximum atomic E-state index is 10.2. The fraction of sp³-hybridized carbons (Fsp3) is 0.946. The fourth-order valence-corrected chi connectivity index (χ4v) is 5.28. The number of unbranched alkanes of at least 4 members (excludes halogenated alkanes) is 28. The largest absolute Gasteiger partial charge is 2.00 e. The van der Waals surface area contributed by atoms with Crippen molar-refractivity contribution in [3.8, 4) is 0 Å². The van der Waals surface area contributed by atoms with E-state index in [9.17, 15) is 37.4 Å². The molecule has 0 bridgehead atoms. The van der Waals surface area contributed by atoms with Gasteiger partial charge in [-0.25, -0.2) is 0 Å². The summed E-state index contributed by atoms with van der Waals surface area (Å²) in [7, 11) is 0. The first-order valence-electron chi connectivity index (χ1n) is 18.7. The third-order valence-corrected chi connectivity index (χ3v) is 7.97. The van der Waals surface area contributed by atoms with E-state index in [4.69, 9.17) is 0 Å². The predicted molar refractivity (Wildman–Crippen MR) is 176 cm³/mol. The second kappa shape index (κ2) is 44.3. The molecule has 0 aliphatic carbocycles. The van der Waals surface area contributed by atoms with Crippen LogP contribution in [0.25, 0.3) is 0 Å². The molecule has 0 aliphatic heterocycles. The molecule has 4 nitrogen and oxygen atoms in total. The maximum Gasteiger partial charge on any atom is 2.00 e. The Bertz CT molecular complexity index is 542. The molecule has 0 atom stereocenters. The average Bonchev–Trinajstić information content (AvgIpc) is 2.96. The topological polar surface area (TPSA) is 80.3 Å². The van der Waals surface area contributed by atoms with E-state index in [0.29, 0.717) is 0 Å². The number of carboxylic acid groups (broad SMARTS) is 2. The molecule has 0 amide bonds. The molecule has 0 saturated carbocycles. The van der Waals surface area contributed by atoms with Gasteiger partial charge in [-0.2, -0.15) is 0 Å². The van der Waals surface area contributed by atoms with Crippen molar-refractivity contribution in [2.24, 2.45) is 0 Å². The van der Waals surface area contributed by atoms with Crippen LogP contribution < -0.4 is 10.2 Å². The van der Waals surface area contributed by atoms with Crippen LogP contribution in [-0.4, -0.2) is 18.4 Å². The van der Waals surface area contributed by atoms with Crippen molar-refractivity contribution in [3.63, 3.8) is 0 Å². The number of carbonyl (C=O) groups excluding carboxylic acids is 2. The van der Waals surface area contributed by atoms with Crippen LogP contribution in [-0.2, 0) is 29.1 Å². The van der Waals surface area contributed by atoms with Crippen LogP contribution in [0.2, 0.25) is 0 Å². The Morgan fingerprint density at radius 2 is 0.500 bits per heavy atom. The number of carboxylic acids is 2. The molecule has 0 saturated heterocycles. The van der Waals surface area contributed by atoms with Gasteiger partial charge in [0.1, 0.15) is 0 Å². The van der Waals surface area contributed by atoms with Gasteiger partial charge in [0, 0.05) is 11.9 Å². The predicted octanol–water partition coefficient (Wildman–Crippen LogP) is 11.5. The van der Waals surface area contributed by atoms with Crippen LogP contribution in [0.15, 0.2) is 0 Å². The first-order valence-corrected chi connectivity index (χ1v) is 18.7. The molecule has 0 radical (unpaired) electrons. The number of hydrogen-bond acceptors (Lipinski definition) is 4. The van der Waals surface area contributed by atoms with Crippen LogP contribution in [0.3, 0.4) is 0 Å². The molecule has 0 aromatic rings. The molecule has 272 valence electrons. The minimum Gasteiger partial charge on any atom is -0.550 e. The van der Waals surface area contributed by atoms with Crippen molar-refractivity contribution in [2.45, 2.75) is 226 Å². The molecule has 0 rings (SSSR count). The monoisotopic (exact) mass is 718 g/mol. The Morgan fingerprint density at radius 3 is 0.630 bits per heavy atom. The molecule has 0 aliphatic rings.